The average Bonchev–Trinajstić information content (AvgIpc) is 3.55. The second-order valence-corrected chi connectivity index (χ2v) is 9.87. The number of aromatic nitrogens is 4. The van der Waals surface area contributed by atoms with Crippen LogP contribution >= 0.6 is 0 Å². The van der Waals surface area contributed by atoms with Crippen LogP contribution in [0.15, 0.2) is 96.6 Å². The highest BCUT2D eigenvalue weighted by Crippen LogP contribution is 2.25. The third-order valence-corrected chi connectivity index (χ3v) is 7.18. The Hall–Kier alpha value is -4.04. The summed E-state index contributed by atoms with van der Waals surface area (Å²) in [6.07, 6.45) is 12.1. The van der Waals surface area contributed by atoms with Gasteiger partial charge in [-0.1, -0.05) is 30.7 Å². The Morgan fingerprint density at radius 1 is 1.06 bits per heavy atom. The summed E-state index contributed by atoms with van der Waals surface area (Å²) in [5, 5.41) is 9.00. The van der Waals surface area contributed by atoms with Crippen molar-refractivity contribution in [2.75, 3.05) is 0 Å². The van der Waals surface area contributed by atoms with Crippen LogP contribution in [0, 0.1) is 12.7 Å². The van der Waals surface area contributed by atoms with Crippen LogP contribution in [0.25, 0.3) is 22.3 Å². The molecule has 0 spiro atoms. The number of allylic oxidation sites excluding steroid dienone is 1. The van der Waals surface area contributed by atoms with Crippen molar-refractivity contribution in [3.05, 3.63) is 114 Å². The maximum atomic E-state index is 13.4. The predicted molar refractivity (Wildman–Crippen MR) is 141 cm³/mol. The topological polar surface area (TPSA) is 64.7 Å². The van der Waals surface area contributed by atoms with E-state index in [9.17, 15) is 8.60 Å². The van der Waals surface area contributed by atoms with Gasteiger partial charge in [0.1, 0.15) is 5.82 Å². The zero-order valence-electron chi connectivity index (χ0n) is 20.1. The zero-order chi connectivity index (χ0) is 25.1. The fourth-order valence-electron chi connectivity index (χ4n) is 4.03. The van der Waals surface area contributed by atoms with Crippen molar-refractivity contribution in [1.29, 1.82) is 0 Å². The van der Waals surface area contributed by atoms with E-state index in [-0.39, 0.29) is 5.82 Å². The third-order valence-electron chi connectivity index (χ3n) is 5.89. The molecular weight excluding hydrogens is 473 g/mol. The summed E-state index contributed by atoms with van der Waals surface area (Å²) < 4.78 is 29.8. The molecule has 8 heteroatoms. The molecule has 0 fully saturated rings. The van der Waals surface area contributed by atoms with Gasteiger partial charge in [-0.25, -0.2) is 13.3 Å². The SMILES string of the molecule is CC/C=C(/NCc1ccn(S(=O)c2ccc(C)cc2)c1)c1cncc2c1cnn2-c1ccc(F)cc1. The van der Waals surface area contributed by atoms with Crippen LogP contribution in [0.1, 0.15) is 30.0 Å². The van der Waals surface area contributed by atoms with Gasteiger partial charge in [-0.3, -0.25) is 8.96 Å². The van der Waals surface area contributed by atoms with Gasteiger partial charge in [0.25, 0.3) is 0 Å². The molecule has 182 valence electrons. The second kappa shape index (κ2) is 10.3. The number of benzene rings is 2. The summed E-state index contributed by atoms with van der Waals surface area (Å²) in [6.45, 7) is 4.65. The van der Waals surface area contributed by atoms with E-state index >= 15 is 0 Å². The molecule has 1 atom stereocenters. The normalized spacial score (nSPS) is 12.7. The Morgan fingerprint density at radius 3 is 2.58 bits per heavy atom. The molecule has 1 unspecified atom stereocenters. The van der Waals surface area contributed by atoms with Gasteiger partial charge in [-0.15, -0.1) is 0 Å². The Morgan fingerprint density at radius 2 is 1.83 bits per heavy atom. The van der Waals surface area contributed by atoms with Gasteiger partial charge in [-0.2, -0.15) is 5.10 Å². The fourth-order valence-corrected chi connectivity index (χ4v) is 5.04. The van der Waals surface area contributed by atoms with Gasteiger partial charge >= 0.3 is 0 Å². The molecule has 0 amide bonds. The number of fused-ring (bicyclic) bond motifs is 1. The van der Waals surface area contributed by atoms with Crippen molar-refractivity contribution in [3.8, 4) is 5.69 Å². The molecule has 3 aromatic heterocycles. The van der Waals surface area contributed by atoms with Crippen LogP contribution in [-0.2, 0) is 17.5 Å². The quantitative estimate of drug-likeness (QED) is 0.294. The van der Waals surface area contributed by atoms with Crippen LogP contribution in [0.4, 0.5) is 4.39 Å². The summed E-state index contributed by atoms with van der Waals surface area (Å²) in [5.41, 5.74) is 5.63. The van der Waals surface area contributed by atoms with Gasteiger partial charge in [0, 0.05) is 41.8 Å². The summed E-state index contributed by atoms with van der Waals surface area (Å²) in [6, 6.07) is 15.9. The number of hydrogen-bond acceptors (Lipinski definition) is 4. The number of rotatable bonds is 8. The second-order valence-electron chi connectivity index (χ2n) is 8.47. The molecule has 0 aliphatic carbocycles. The van der Waals surface area contributed by atoms with Gasteiger partial charge in [0.15, 0.2) is 11.0 Å². The lowest BCUT2D eigenvalue weighted by Gasteiger charge is -2.12. The minimum Gasteiger partial charge on any atom is -0.381 e. The number of nitrogens with zero attached hydrogens (tertiary/aromatic N) is 4. The van der Waals surface area contributed by atoms with E-state index in [1.165, 1.54) is 12.1 Å². The molecule has 1 N–H and O–H groups in total. The van der Waals surface area contributed by atoms with Crippen molar-refractivity contribution >= 4 is 27.6 Å². The van der Waals surface area contributed by atoms with Crippen LogP contribution in [0.3, 0.4) is 0 Å². The molecule has 5 rings (SSSR count). The van der Waals surface area contributed by atoms with E-state index in [1.54, 1.807) is 27.0 Å². The van der Waals surface area contributed by atoms with E-state index in [0.717, 1.165) is 50.3 Å². The first-order valence-electron chi connectivity index (χ1n) is 11.7. The molecule has 3 heterocycles. The van der Waals surface area contributed by atoms with Crippen LogP contribution in [0.5, 0.6) is 0 Å². The summed E-state index contributed by atoms with van der Waals surface area (Å²) in [7, 11) is -1.29. The van der Waals surface area contributed by atoms with Crippen molar-refractivity contribution in [1.82, 2.24) is 24.1 Å². The highest BCUT2D eigenvalue weighted by atomic mass is 32.2. The number of hydrogen-bond donors (Lipinski definition) is 1. The van der Waals surface area contributed by atoms with Crippen molar-refractivity contribution in [3.63, 3.8) is 0 Å². The zero-order valence-corrected chi connectivity index (χ0v) is 20.9. The number of halogens is 1. The summed E-state index contributed by atoms with van der Waals surface area (Å²) >= 11 is 0. The molecule has 0 saturated carbocycles. The largest absolute Gasteiger partial charge is 0.381 e. The van der Waals surface area contributed by atoms with E-state index < -0.39 is 11.0 Å². The highest BCUT2D eigenvalue weighted by Gasteiger charge is 2.13. The first-order valence-corrected chi connectivity index (χ1v) is 12.8. The van der Waals surface area contributed by atoms with E-state index in [1.807, 2.05) is 62.0 Å². The van der Waals surface area contributed by atoms with E-state index in [2.05, 4.69) is 28.4 Å². The van der Waals surface area contributed by atoms with Gasteiger partial charge < -0.3 is 5.32 Å². The summed E-state index contributed by atoms with van der Waals surface area (Å²) in [4.78, 5) is 5.22. The lowest BCUT2D eigenvalue weighted by molar-refractivity contribution is 0.627. The average molecular weight is 500 g/mol. The molecule has 0 aliphatic rings. The summed E-state index contributed by atoms with van der Waals surface area (Å²) in [5.74, 6) is -0.289. The van der Waals surface area contributed by atoms with Crippen LogP contribution in [-0.4, -0.2) is 22.9 Å². The molecule has 0 aliphatic heterocycles. The van der Waals surface area contributed by atoms with Crippen LogP contribution < -0.4 is 5.32 Å². The van der Waals surface area contributed by atoms with Gasteiger partial charge in [0.2, 0.25) is 0 Å². The smallest absolute Gasteiger partial charge is 0.156 e. The van der Waals surface area contributed by atoms with Crippen molar-refractivity contribution in [2.24, 2.45) is 0 Å². The molecule has 0 bridgehead atoms. The number of nitrogens with one attached hydrogen (secondary N) is 1. The minimum atomic E-state index is -1.29. The fraction of sp³-hybridized carbons (Fsp3) is 0.143. The third kappa shape index (κ3) is 4.85. The first kappa shape index (κ1) is 23.7. The number of aryl methyl sites for hydroxylation is 1. The Bertz CT molecular complexity index is 1550. The monoisotopic (exact) mass is 499 g/mol. The lowest BCUT2D eigenvalue weighted by Crippen LogP contribution is -2.12. The predicted octanol–water partition coefficient (Wildman–Crippen LogP) is 5.78. The first-order chi connectivity index (χ1) is 17.5. The standard InChI is InChI=1S/C28H26FN5OS/c1-3-4-27(31-15-21-13-14-33(19-21)36(35)24-11-5-20(2)6-12-24)25-16-30-18-28-26(25)17-32-34(28)23-9-7-22(29)8-10-23/h4-14,16-19,31H,3,15H2,1-2H3/b27-4+. The van der Waals surface area contributed by atoms with Gasteiger partial charge in [-0.05, 0) is 61.4 Å². The molecular formula is C28H26FN5OS. The van der Waals surface area contributed by atoms with Gasteiger partial charge in [0.05, 0.1) is 28.5 Å². The Kier molecular flexibility index (Phi) is 6.77. The van der Waals surface area contributed by atoms with Crippen LogP contribution in [0.2, 0.25) is 0 Å². The molecule has 2 aromatic carbocycles. The molecule has 6 nitrogen and oxygen atoms in total. The maximum Gasteiger partial charge on any atom is 0.156 e. The minimum absolute atomic E-state index is 0.289. The maximum absolute atomic E-state index is 13.4. The molecule has 0 radical (unpaired) electrons. The molecule has 36 heavy (non-hydrogen) atoms. The highest BCUT2D eigenvalue weighted by molar-refractivity contribution is 7.83. The van der Waals surface area contributed by atoms with E-state index in [4.69, 9.17) is 0 Å². The Labute approximate surface area is 211 Å². The Balaban J connectivity index is 1.37. The number of pyridine rings is 1. The molecule has 0 saturated heterocycles. The van der Waals surface area contributed by atoms with Crippen molar-refractivity contribution in [2.45, 2.75) is 31.7 Å². The molecule has 5 aromatic rings. The van der Waals surface area contributed by atoms with Crippen molar-refractivity contribution < 1.29 is 8.60 Å². The van der Waals surface area contributed by atoms with E-state index in [0.29, 0.717) is 6.54 Å². The lowest BCUT2D eigenvalue weighted by atomic mass is 10.1.